The summed E-state index contributed by atoms with van der Waals surface area (Å²) in [6.45, 7) is 7.02. The van der Waals surface area contributed by atoms with E-state index in [0.717, 1.165) is 24.2 Å². The minimum absolute atomic E-state index is 0. The quantitative estimate of drug-likeness (QED) is 0.114. The fourth-order valence-corrected chi connectivity index (χ4v) is 3.86. The molecule has 238 valence electrons. The van der Waals surface area contributed by atoms with Crippen molar-refractivity contribution in [2.75, 3.05) is 19.0 Å². The number of carbonyl (C=O) groups excluding carboxylic acids is 3. The number of nitrogens with one attached hydrogen (secondary N) is 1. The van der Waals surface area contributed by atoms with Crippen LogP contribution < -0.4 is 67.6 Å². The van der Waals surface area contributed by atoms with Gasteiger partial charge in [0.25, 0.3) is 0 Å². The van der Waals surface area contributed by atoms with Gasteiger partial charge in [0.15, 0.2) is 5.91 Å². The number of fused-ring (bicyclic) bond motifs is 1. The zero-order chi connectivity index (χ0) is 33.5. The Morgan fingerprint density at radius 3 is 2.09 bits per heavy atom. The van der Waals surface area contributed by atoms with E-state index in [4.69, 9.17) is 15.9 Å². The zero-order valence-corrected chi connectivity index (χ0v) is 30.0. The number of benzene rings is 3. The summed E-state index contributed by atoms with van der Waals surface area (Å²) in [5.41, 5.74) is 15.8. The fraction of sp³-hybridized carbons (Fsp3) is 0.265. The molecule has 0 saturated heterocycles. The van der Waals surface area contributed by atoms with E-state index in [1.54, 1.807) is 37.3 Å². The first kappa shape index (κ1) is 40.4. The Balaban J connectivity index is 0.000000363. The molecule has 4 rings (SSSR count). The SMILES string of the molecule is CCCC[C@H]([NH-])C(N)=O.CN(C)c1ccc(N=Nc2ccc([C-]=O)cc2)cc1.[CH2-]C(=O)Cc1c(C)c2ccc(O)cc2oc1=O.[K+]. The number of rotatable bonds is 10. The third kappa shape index (κ3) is 13.4. The van der Waals surface area contributed by atoms with Crippen LogP contribution >= 0.6 is 0 Å². The van der Waals surface area contributed by atoms with Crippen molar-refractivity contribution in [3.8, 4) is 5.75 Å². The van der Waals surface area contributed by atoms with Gasteiger partial charge in [0.1, 0.15) is 11.3 Å². The van der Waals surface area contributed by atoms with E-state index < -0.39 is 17.6 Å². The molecule has 12 heteroatoms. The monoisotopic (exact) mass is 651 g/mol. The van der Waals surface area contributed by atoms with Crippen molar-refractivity contribution in [2.24, 2.45) is 16.0 Å². The summed E-state index contributed by atoms with van der Waals surface area (Å²) in [5.74, 6) is -0.817. The van der Waals surface area contributed by atoms with Crippen molar-refractivity contribution in [3.05, 3.63) is 106 Å². The van der Waals surface area contributed by atoms with Crippen LogP contribution in [0.15, 0.2) is 86.2 Å². The number of ketones is 1. The van der Waals surface area contributed by atoms with E-state index in [2.05, 4.69) is 17.2 Å². The number of amides is 1. The Hall–Kier alpha value is -3.65. The maximum Gasteiger partial charge on any atom is 1.00 e. The number of azo groups is 1. The van der Waals surface area contributed by atoms with E-state index in [9.17, 15) is 24.3 Å². The molecule has 0 radical (unpaired) electrons. The average molecular weight is 652 g/mol. The molecular formula is C34H38KN5O6-2. The largest absolute Gasteiger partial charge is 1.00 e. The van der Waals surface area contributed by atoms with Gasteiger partial charge in [-0.25, -0.2) is 4.79 Å². The van der Waals surface area contributed by atoms with E-state index in [1.165, 1.54) is 12.1 Å². The van der Waals surface area contributed by atoms with Crippen molar-refractivity contribution >= 4 is 46.0 Å². The Kier molecular flexibility index (Phi) is 18.0. The van der Waals surface area contributed by atoms with Crippen molar-refractivity contribution < 1.29 is 75.3 Å². The molecule has 3 aromatic carbocycles. The number of unbranched alkanes of at least 4 members (excludes halogenated alkanes) is 1. The maximum atomic E-state index is 11.7. The van der Waals surface area contributed by atoms with Gasteiger partial charge >= 0.3 is 57.0 Å². The molecule has 0 bridgehead atoms. The van der Waals surface area contributed by atoms with Crippen LogP contribution in [0.25, 0.3) is 16.7 Å². The number of carbonyl (C=O) groups is 2. The van der Waals surface area contributed by atoms with Gasteiger partial charge in [0, 0.05) is 49.0 Å². The Labute approximate surface area is 311 Å². The first-order valence-electron chi connectivity index (χ1n) is 14.1. The van der Waals surface area contributed by atoms with Gasteiger partial charge in [-0.1, -0.05) is 44.4 Å². The summed E-state index contributed by atoms with van der Waals surface area (Å²) in [5, 5.41) is 18.3. The second-order valence-electron chi connectivity index (χ2n) is 10.2. The molecule has 1 amide bonds. The maximum absolute atomic E-state index is 11.7. The molecule has 0 aliphatic rings. The number of aryl methyl sites for hydroxylation is 1. The average Bonchev–Trinajstić information content (AvgIpc) is 3.01. The molecule has 0 aliphatic carbocycles. The minimum atomic E-state index is -0.690. The number of nitrogens with zero attached hydrogens (tertiary/aromatic N) is 3. The Bertz CT molecular complexity index is 1670. The first-order chi connectivity index (χ1) is 21.4. The molecule has 11 nitrogen and oxygen atoms in total. The Morgan fingerprint density at radius 2 is 1.61 bits per heavy atom. The third-order valence-electron chi connectivity index (χ3n) is 6.47. The molecular weight excluding hydrogens is 614 g/mol. The topological polar surface area (TPSA) is 179 Å². The van der Waals surface area contributed by atoms with Gasteiger partial charge in [-0.3, -0.25) is 4.79 Å². The molecule has 1 aromatic heterocycles. The summed E-state index contributed by atoms with van der Waals surface area (Å²) in [6, 6.07) is 18.4. The van der Waals surface area contributed by atoms with Gasteiger partial charge in [-0.15, -0.1) is 0 Å². The van der Waals surface area contributed by atoms with Crippen LogP contribution in [0.5, 0.6) is 5.75 Å². The van der Waals surface area contributed by atoms with E-state index >= 15 is 0 Å². The molecule has 4 N–H and O–H groups in total. The molecule has 0 spiro atoms. The number of phenolic OH excluding ortho intramolecular Hbond substituents is 1. The predicted octanol–water partition coefficient (Wildman–Crippen LogP) is 3.47. The summed E-state index contributed by atoms with van der Waals surface area (Å²) in [4.78, 5) is 45.3. The number of hydrogen-bond donors (Lipinski definition) is 2. The van der Waals surface area contributed by atoms with Crippen molar-refractivity contribution in [1.82, 2.24) is 0 Å². The summed E-state index contributed by atoms with van der Waals surface area (Å²) in [7, 11) is 3.98. The van der Waals surface area contributed by atoms with Crippen molar-refractivity contribution in [2.45, 2.75) is 45.6 Å². The van der Waals surface area contributed by atoms with Crippen LogP contribution in [0, 0.1) is 13.8 Å². The molecule has 0 fully saturated rings. The van der Waals surface area contributed by atoms with Gasteiger partial charge in [-0.2, -0.15) is 27.9 Å². The van der Waals surface area contributed by atoms with E-state index in [0.29, 0.717) is 39.8 Å². The normalized spacial score (nSPS) is 10.9. The van der Waals surface area contributed by atoms with Gasteiger partial charge in [0.05, 0.1) is 17.7 Å². The smallest absolute Gasteiger partial charge is 0.667 e. The zero-order valence-electron chi connectivity index (χ0n) is 26.9. The predicted molar refractivity (Wildman–Crippen MR) is 176 cm³/mol. The number of phenols is 1. The van der Waals surface area contributed by atoms with Crippen LogP contribution in [0.1, 0.15) is 42.9 Å². The van der Waals surface area contributed by atoms with Crippen LogP contribution in [-0.4, -0.2) is 43.2 Å². The molecule has 1 atom stereocenters. The number of aromatic hydroxyl groups is 1. The number of hydrogen-bond acceptors (Lipinski definition) is 9. The van der Waals surface area contributed by atoms with Crippen molar-refractivity contribution in [1.29, 1.82) is 0 Å². The van der Waals surface area contributed by atoms with Crippen LogP contribution in [0.3, 0.4) is 0 Å². The number of primary amides is 1. The van der Waals surface area contributed by atoms with E-state index in [1.807, 2.05) is 56.5 Å². The minimum Gasteiger partial charge on any atom is -0.667 e. The number of nitrogens with two attached hydrogens (primary N) is 1. The van der Waals surface area contributed by atoms with Crippen molar-refractivity contribution in [3.63, 3.8) is 0 Å². The Morgan fingerprint density at radius 1 is 1.04 bits per heavy atom. The molecule has 0 unspecified atom stereocenters. The summed E-state index contributed by atoms with van der Waals surface area (Å²) >= 11 is 0. The summed E-state index contributed by atoms with van der Waals surface area (Å²) in [6.07, 6.45) is 4.31. The molecule has 0 saturated carbocycles. The number of Topliss-reactive ketones (excluding diaryl/α,β-unsaturated/α-hetero) is 1. The van der Waals surface area contributed by atoms with Gasteiger partial charge in [0.2, 0.25) is 0 Å². The second kappa shape index (κ2) is 20.5. The second-order valence-corrected chi connectivity index (χ2v) is 10.2. The van der Waals surface area contributed by atoms with Crippen LogP contribution in [0.2, 0.25) is 0 Å². The van der Waals surface area contributed by atoms with Gasteiger partial charge < -0.3 is 42.4 Å². The molecule has 1 heterocycles. The van der Waals surface area contributed by atoms with Crippen LogP contribution in [-0.2, 0) is 20.8 Å². The third-order valence-corrected chi connectivity index (χ3v) is 6.47. The van der Waals surface area contributed by atoms with Gasteiger partial charge in [-0.05, 0) is 48.9 Å². The summed E-state index contributed by atoms with van der Waals surface area (Å²) < 4.78 is 5.06. The standard InChI is InChI=1S/C15H14N3O.C13H11O4.C6H13N2O.K/c1-18(2)15-9-7-14(8-10-15)17-16-13-5-3-12(11-19)4-6-13;1-7(14)5-11-8(2)10-4-3-9(15)6-12(10)17-13(11)16;1-2-3-4-5(7)6(8)9;/h3-10H,1-2H3;3-4,6,15H,1,5H2,2H3;5,7H,2-4H2,1H3,(H2,8,9);/q3*-1;+1/t;;5-;/m..0./s1. The first-order valence-corrected chi connectivity index (χ1v) is 14.1. The molecule has 46 heavy (non-hydrogen) atoms. The molecule has 4 aromatic rings. The number of anilines is 1. The fourth-order valence-electron chi connectivity index (χ4n) is 3.86. The molecule has 0 aliphatic heterocycles. The van der Waals surface area contributed by atoms with Crippen LogP contribution in [0.4, 0.5) is 17.1 Å². The van der Waals surface area contributed by atoms with E-state index in [-0.39, 0.29) is 69.3 Å².